The first-order valence-electron chi connectivity index (χ1n) is 6.76. The van der Waals surface area contributed by atoms with Gasteiger partial charge < -0.3 is 4.74 Å². The molecule has 0 radical (unpaired) electrons. The summed E-state index contributed by atoms with van der Waals surface area (Å²) >= 11 is 0. The summed E-state index contributed by atoms with van der Waals surface area (Å²) in [4.78, 5) is 0. The Morgan fingerprint density at radius 1 is 1.21 bits per heavy atom. The van der Waals surface area contributed by atoms with Crippen LogP contribution in [0.2, 0.25) is 0 Å². The van der Waals surface area contributed by atoms with Crippen LogP contribution in [-0.2, 0) is 10.3 Å². The van der Waals surface area contributed by atoms with Gasteiger partial charge in [-0.1, -0.05) is 67.3 Å². The van der Waals surface area contributed by atoms with Crippen molar-refractivity contribution in [3.63, 3.8) is 0 Å². The summed E-state index contributed by atoms with van der Waals surface area (Å²) in [5.74, 6) is 0. The van der Waals surface area contributed by atoms with Gasteiger partial charge in [0.2, 0.25) is 0 Å². The van der Waals surface area contributed by atoms with Crippen LogP contribution >= 0.6 is 0 Å². The molecule has 0 saturated carbocycles. The average Bonchev–Trinajstić information content (AvgIpc) is 2.94. The van der Waals surface area contributed by atoms with Crippen LogP contribution in [-0.4, -0.2) is 6.61 Å². The molecule has 96 valence electrons. The van der Waals surface area contributed by atoms with Gasteiger partial charge in [0.15, 0.2) is 0 Å². The fraction of sp³-hybridized carbons (Fsp3) is 0.222. The summed E-state index contributed by atoms with van der Waals surface area (Å²) in [7, 11) is 0. The Balaban J connectivity index is 2.17. The molecule has 0 fully saturated rings. The Bertz CT molecular complexity index is 563. The first kappa shape index (κ1) is 12.2. The maximum Gasteiger partial charge on any atom is 0.140 e. The highest BCUT2D eigenvalue weighted by atomic mass is 16.5. The van der Waals surface area contributed by atoms with E-state index in [2.05, 4.69) is 55.1 Å². The van der Waals surface area contributed by atoms with Crippen molar-refractivity contribution >= 4 is 0 Å². The molecule has 1 atom stereocenters. The highest BCUT2D eigenvalue weighted by Gasteiger charge is 2.42. The fourth-order valence-electron chi connectivity index (χ4n) is 2.99. The lowest BCUT2D eigenvalue weighted by Gasteiger charge is -2.35. The second-order valence-corrected chi connectivity index (χ2v) is 4.88. The lowest BCUT2D eigenvalue weighted by molar-refractivity contribution is 0.0455. The molecule has 1 heteroatoms. The van der Waals surface area contributed by atoms with Crippen molar-refractivity contribution in [1.82, 2.24) is 0 Å². The van der Waals surface area contributed by atoms with Gasteiger partial charge in [0, 0.05) is 0 Å². The van der Waals surface area contributed by atoms with Crippen LogP contribution in [0.25, 0.3) is 0 Å². The third-order valence-corrected chi connectivity index (χ3v) is 3.88. The zero-order chi connectivity index (χ0) is 13.1. The van der Waals surface area contributed by atoms with Crippen LogP contribution < -0.4 is 0 Å². The first-order valence-corrected chi connectivity index (χ1v) is 6.76. The largest absolute Gasteiger partial charge is 0.357 e. The molecule has 0 aromatic heterocycles. The minimum atomic E-state index is -0.423. The maximum absolute atomic E-state index is 6.20. The van der Waals surface area contributed by atoms with E-state index in [9.17, 15) is 0 Å². The predicted molar refractivity (Wildman–Crippen MR) is 78.8 cm³/mol. The molecule has 1 nitrogen and oxygen atoms in total. The van der Waals surface area contributed by atoms with Gasteiger partial charge in [-0.3, -0.25) is 0 Å². The molecule has 0 saturated heterocycles. The van der Waals surface area contributed by atoms with Crippen LogP contribution in [0.15, 0.2) is 78.4 Å². The molecule has 0 bridgehead atoms. The molecular weight excluding hydrogens is 232 g/mol. The van der Waals surface area contributed by atoms with E-state index < -0.39 is 5.60 Å². The van der Waals surface area contributed by atoms with E-state index in [0.29, 0.717) is 6.61 Å². The quantitative estimate of drug-likeness (QED) is 0.777. The van der Waals surface area contributed by atoms with Crippen molar-refractivity contribution in [2.75, 3.05) is 6.61 Å². The Labute approximate surface area is 114 Å². The molecule has 3 rings (SSSR count). The fourth-order valence-corrected chi connectivity index (χ4v) is 2.99. The van der Waals surface area contributed by atoms with Gasteiger partial charge in [-0.05, 0) is 29.6 Å². The number of hydrogen-bond acceptors (Lipinski definition) is 1. The second-order valence-electron chi connectivity index (χ2n) is 4.88. The molecule has 1 aromatic carbocycles. The minimum Gasteiger partial charge on any atom is -0.357 e. The van der Waals surface area contributed by atoms with Gasteiger partial charge in [0.25, 0.3) is 0 Å². The lowest BCUT2D eigenvalue weighted by atomic mass is 9.77. The molecule has 2 aliphatic rings. The van der Waals surface area contributed by atoms with Gasteiger partial charge >= 0.3 is 0 Å². The SMILES string of the molecule is C=CC1=CCOC1(C1=CC=CCC1)c1ccccc1. The van der Waals surface area contributed by atoms with Crippen molar-refractivity contribution in [1.29, 1.82) is 0 Å². The summed E-state index contributed by atoms with van der Waals surface area (Å²) in [6, 6.07) is 10.5. The van der Waals surface area contributed by atoms with Crippen LogP contribution in [0.4, 0.5) is 0 Å². The number of ether oxygens (including phenoxy) is 1. The van der Waals surface area contributed by atoms with Crippen molar-refractivity contribution in [2.24, 2.45) is 0 Å². The first-order chi connectivity index (χ1) is 9.38. The molecular formula is C18H18O. The number of allylic oxidation sites excluding steroid dienone is 3. The van der Waals surface area contributed by atoms with Gasteiger partial charge in [-0.2, -0.15) is 0 Å². The molecule has 1 heterocycles. The van der Waals surface area contributed by atoms with E-state index in [1.54, 1.807) is 0 Å². The molecule has 0 amide bonds. The predicted octanol–water partition coefficient (Wildman–Crippen LogP) is 4.30. The Kier molecular flexibility index (Phi) is 3.22. The Morgan fingerprint density at radius 2 is 2.05 bits per heavy atom. The standard InChI is InChI=1S/C18H18O/c1-2-15-13-14-19-18(15,16-9-5-3-6-10-16)17-11-7-4-8-12-17/h2-7,9-11,13H,1,8,12,14H2. The highest BCUT2D eigenvalue weighted by Crippen LogP contribution is 2.46. The molecule has 19 heavy (non-hydrogen) atoms. The molecule has 0 N–H and O–H groups in total. The van der Waals surface area contributed by atoms with Gasteiger partial charge in [-0.25, -0.2) is 0 Å². The van der Waals surface area contributed by atoms with E-state index in [1.807, 2.05) is 12.1 Å². The second kappa shape index (κ2) is 5.02. The van der Waals surface area contributed by atoms with Crippen molar-refractivity contribution in [3.05, 3.63) is 84.0 Å². The van der Waals surface area contributed by atoms with E-state index >= 15 is 0 Å². The summed E-state index contributed by atoms with van der Waals surface area (Å²) in [5.41, 5.74) is 3.26. The van der Waals surface area contributed by atoms with Crippen molar-refractivity contribution in [3.8, 4) is 0 Å². The third kappa shape index (κ3) is 1.91. The van der Waals surface area contributed by atoms with Gasteiger partial charge in [0.05, 0.1) is 6.61 Å². The van der Waals surface area contributed by atoms with Crippen LogP contribution in [0.5, 0.6) is 0 Å². The van der Waals surface area contributed by atoms with Crippen molar-refractivity contribution in [2.45, 2.75) is 18.4 Å². The summed E-state index contributed by atoms with van der Waals surface area (Å²) < 4.78 is 6.20. The van der Waals surface area contributed by atoms with Gasteiger partial charge in [-0.15, -0.1) is 0 Å². The number of rotatable bonds is 3. The van der Waals surface area contributed by atoms with Crippen LogP contribution in [0.3, 0.4) is 0 Å². The van der Waals surface area contributed by atoms with E-state index in [-0.39, 0.29) is 0 Å². The lowest BCUT2D eigenvalue weighted by Crippen LogP contribution is -2.31. The Morgan fingerprint density at radius 3 is 2.74 bits per heavy atom. The number of hydrogen-bond donors (Lipinski definition) is 0. The Hall–Kier alpha value is -1.86. The molecule has 1 aromatic rings. The summed E-state index contributed by atoms with van der Waals surface area (Å²) in [6.45, 7) is 4.61. The zero-order valence-corrected chi connectivity index (χ0v) is 11.0. The topological polar surface area (TPSA) is 9.23 Å². The zero-order valence-electron chi connectivity index (χ0n) is 11.0. The minimum absolute atomic E-state index is 0.423. The molecule has 1 aliphatic heterocycles. The van der Waals surface area contributed by atoms with Crippen LogP contribution in [0, 0.1) is 0 Å². The smallest absolute Gasteiger partial charge is 0.140 e. The van der Waals surface area contributed by atoms with Crippen molar-refractivity contribution < 1.29 is 4.74 Å². The van der Waals surface area contributed by atoms with Gasteiger partial charge in [0.1, 0.15) is 5.60 Å². The summed E-state index contributed by atoms with van der Waals surface area (Å²) in [6.07, 6.45) is 12.7. The van der Waals surface area contributed by atoms with Crippen LogP contribution in [0.1, 0.15) is 18.4 Å². The molecule has 0 spiro atoms. The molecule has 1 aliphatic carbocycles. The normalized spacial score (nSPS) is 25.9. The monoisotopic (exact) mass is 250 g/mol. The highest BCUT2D eigenvalue weighted by molar-refractivity contribution is 5.50. The van der Waals surface area contributed by atoms with E-state index in [4.69, 9.17) is 4.74 Å². The summed E-state index contributed by atoms with van der Waals surface area (Å²) in [5, 5.41) is 0. The van der Waals surface area contributed by atoms with E-state index in [0.717, 1.165) is 12.8 Å². The maximum atomic E-state index is 6.20. The van der Waals surface area contributed by atoms with E-state index in [1.165, 1.54) is 16.7 Å². The molecule has 1 unspecified atom stereocenters. The number of benzene rings is 1. The average molecular weight is 250 g/mol. The third-order valence-electron chi connectivity index (χ3n) is 3.88.